The molecule has 8 nitrogen and oxygen atoms in total. The van der Waals surface area contributed by atoms with Crippen molar-refractivity contribution >= 4 is 12.0 Å². The molecule has 1 aromatic carbocycles. The number of hydrogen-bond donors (Lipinski definition) is 5. The van der Waals surface area contributed by atoms with Crippen molar-refractivity contribution in [1.29, 1.82) is 0 Å². The van der Waals surface area contributed by atoms with Gasteiger partial charge in [0.05, 0.1) is 6.61 Å². The first kappa shape index (κ1) is 17.4. The molecule has 23 heavy (non-hydrogen) atoms. The maximum absolute atomic E-state index is 11.7. The number of rotatable bonds is 4. The standard InChI is InChI=1S/C15H18O8/c16-7-10-12(19)13(20)14(21)15(22-10)23-11(18)6-3-8-1-4-9(17)5-2-8/h1-6,10,12-17,19-21H,7H2/b6-3+/t10-,12+,13-,14-,15-/m0/s1. The van der Waals surface area contributed by atoms with E-state index in [0.717, 1.165) is 6.08 Å². The molecule has 1 heterocycles. The smallest absolute Gasteiger partial charge is 0.333 e. The molecular formula is C15H18O8. The molecule has 1 aromatic rings. The second-order valence-electron chi connectivity index (χ2n) is 5.06. The number of carbonyl (C=O) groups excluding carboxylic acids is 1. The molecule has 0 radical (unpaired) electrons. The van der Waals surface area contributed by atoms with Crippen LogP contribution in [0, 0.1) is 0 Å². The van der Waals surface area contributed by atoms with Crippen molar-refractivity contribution in [3.05, 3.63) is 35.9 Å². The topological polar surface area (TPSA) is 137 Å². The molecule has 1 aliphatic heterocycles. The first-order valence-electron chi connectivity index (χ1n) is 6.90. The Kier molecular flexibility index (Phi) is 5.69. The highest BCUT2D eigenvalue weighted by Gasteiger charge is 2.45. The van der Waals surface area contributed by atoms with Crippen LogP contribution in [0.4, 0.5) is 0 Å². The maximum atomic E-state index is 11.7. The van der Waals surface area contributed by atoms with Gasteiger partial charge in [0.2, 0.25) is 6.29 Å². The van der Waals surface area contributed by atoms with Crippen LogP contribution in [0.3, 0.4) is 0 Å². The van der Waals surface area contributed by atoms with Crippen molar-refractivity contribution in [1.82, 2.24) is 0 Å². The zero-order chi connectivity index (χ0) is 17.0. The highest BCUT2D eigenvalue weighted by atomic mass is 16.7. The number of ether oxygens (including phenoxy) is 2. The van der Waals surface area contributed by atoms with Crippen LogP contribution in [0.25, 0.3) is 6.08 Å². The Morgan fingerprint density at radius 2 is 1.78 bits per heavy atom. The number of carbonyl (C=O) groups is 1. The summed E-state index contributed by atoms with van der Waals surface area (Å²) in [6.07, 6.45) is -4.93. The second-order valence-corrected chi connectivity index (χ2v) is 5.06. The molecule has 1 saturated heterocycles. The molecule has 2 rings (SSSR count). The Labute approximate surface area is 131 Å². The van der Waals surface area contributed by atoms with Crippen LogP contribution in [0.15, 0.2) is 30.3 Å². The van der Waals surface area contributed by atoms with Crippen LogP contribution in [-0.2, 0) is 14.3 Å². The number of aliphatic hydroxyl groups is 4. The predicted octanol–water partition coefficient (Wildman–Crippen LogP) is -1.25. The van der Waals surface area contributed by atoms with Gasteiger partial charge in [-0.2, -0.15) is 0 Å². The van der Waals surface area contributed by atoms with Gasteiger partial charge in [-0.1, -0.05) is 12.1 Å². The first-order chi connectivity index (χ1) is 10.9. The Balaban J connectivity index is 1.97. The summed E-state index contributed by atoms with van der Waals surface area (Å²) < 4.78 is 9.92. The van der Waals surface area contributed by atoms with Crippen molar-refractivity contribution in [2.45, 2.75) is 30.7 Å². The van der Waals surface area contributed by atoms with Crippen molar-refractivity contribution < 1.29 is 39.8 Å². The molecular weight excluding hydrogens is 308 g/mol. The van der Waals surface area contributed by atoms with Crippen molar-refractivity contribution in [3.63, 3.8) is 0 Å². The number of phenolic OH excluding ortho intramolecular Hbond substituents is 1. The van der Waals surface area contributed by atoms with Crippen LogP contribution >= 0.6 is 0 Å². The first-order valence-corrected chi connectivity index (χ1v) is 6.90. The summed E-state index contributed by atoms with van der Waals surface area (Å²) in [4.78, 5) is 11.7. The number of phenols is 1. The molecule has 0 saturated carbocycles. The van der Waals surface area contributed by atoms with E-state index in [1.165, 1.54) is 18.2 Å². The number of aliphatic hydroxyl groups excluding tert-OH is 4. The average Bonchev–Trinajstić information content (AvgIpc) is 2.55. The Hall–Kier alpha value is -1.97. The van der Waals surface area contributed by atoms with Crippen LogP contribution in [0.1, 0.15) is 5.56 Å². The van der Waals surface area contributed by atoms with Gasteiger partial charge >= 0.3 is 5.97 Å². The summed E-state index contributed by atoms with van der Waals surface area (Å²) >= 11 is 0. The van der Waals surface area contributed by atoms with Gasteiger partial charge in [0.1, 0.15) is 30.2 Å². The fraction of sp³-hybridized carbons (Fsp3) is 0.400. The highest BCUT2D eigenvalue weighted by molar-refractivity contribution is 5.87. The second kappa shape index (κ2) is 7.53. The molecule has 0 aromatic heterocycles. The zero-order valence-corrected chi connectivity index (χ0v) is 12.0. The molecule has 5 N–H and O–H groups in total. The molecule has 0 bridgehead atoms. The van der Waals surface area contributed by atoms with E-state index < -0.39 is 43.3 Å². The Morgan fingerprint density at radius 3 is 2.39 bits per heavy atom. The van der Waals surface area contributed by atoms with Crippen molar-refractivity contribution in [2.24, 2.45) is 0 Å². The monoisotopic (exact) mass is 326 g/mol. The maximum Gasteiger partial charge on any atom is 0.333 e. The van der Waals surface area contributed by atoms with E-state index in [1.54, 1.807) is 12.1 Å². The minimum Gasteiger partial charge on any atom is -0.508 e. The van der Waals surface area contributed by atoms with Crippen LogP contribution in [-0.4, -0.2) is 68.8 Å². The third-order valence-electron chi connectivity index (χ3n) is 3.39. The molecule has 0 amide bonds. The summed E-state index contributed by atoms with van der Waals surface area (Å²) in [7, 11) is 0. The molecule has 126 valence electrons. The minimum absolute atomic E-state index is 0.0889. The van der Waals surface area contributed by atoms with Crippen molar-refractivity contribution in [2.75, 3.05) is 6.61 Å². The van der Waals surface area contributed by atoms with E-state index in [9.17, 15) is 20.1 Å². The molecule has 1 aliphatic rings. The number of hydrogen-bond acceptors (Lipinski definition) is 8. The summed E-state index contributed by atoms with van der Waals surface area (Å²) in [6.45, 7) is -0.609. The Morgan fingerprint density at radius 1 is 1.13 bits per heavy atom. The van der Waals surface area contributed by atoms with Gasteiger partial charge in [-0.25, -0.2) is 4.79 Å². The van der Waals surface area contributed by atoms with Gasteiger partial charge < -0.3 is 35.0 Å². The zero-order valence-electron chi connectivity index (χ0n) is 12.0. The molecule has 5 atom stereocenters. The van der Waals surface area contributed by atoms with Gasteiger partial charge in [-0.05, 0) is 23.8 Å². The number of esters is 1. The van der Waals surface area contributed by atoms with Crippen LogP contribution < -0.4 is 0 Å². The lowest BCUT2D eigenvalue weighted by molar-refractivity contribution is -0.291. The normalized spacial score (nSPS) is 31.2. The SMILES string of the molecule is O=C(/C=C/c1ccc(O)cc1)O[C@@H]1O[C@@H](CO)[C@@H](O)[C@H](O)[C@@H]1O. The third kappa shape index (κ3) is 4.27. The van der Waals surface area contributed by atoms with E-state index in [0.29, 0.717) is 5.56 Å². The lowest BCUT2D eigenvalue weighted by Gasteiger charge is -2.38. The summed E-state index contributed by atoms with van der Waals surface area (Å²) in [5.74, 6) is -0.756. The third-order valence-corrected chi connectivity index (χ3v) is 3.39. The Bertz CT molecular complexity index is 553. The van der Waals surface area contributed by atoms with Gasteiger partial charge in [0.15, 0.2) is 0 Å². The summed E-state index contributed by atoms with van der Waals surface area (Å²) in [5.41, 5.74) is 0.633. The molecule has 1 fully saturated rings. The van der Waals surface area contributed by atoms with Gasteiger partial charge in [-0.3, -0.25) is 0 Å². The van der Waals surface area contributed by atoms with Crippen LogP contribution in [0.2, 0.25) is 0 Å². The summed E-state index contributed by atoms with van der Waals surface area (Å²) in [5, 5.41) is 47.1. The van der Waals surface area contributed by atoms with Gasteiger partial charge in [-0.15, -0.1) is 0 Å². The summed E-state index contributed by atoms with van der Waals surface area (Å²) in [6, 6.07) is 6.05. The fourth-order valence-electron chi connectivity index (χ4n) is 2.07. The van der Waals surface area contributed by atoms with Crippen molar-refractivity contribution in [3.8, 4) is 5.75 Å². The van der Waals surface area contributed by atoms with Gasteiger partial charge in [0.25, 0.3) is 0 Å². The minimum atomic E-state index is -1.64. The fourth-order valence-corrected chi connectivity index (χ4v) is 2.07. The van der Waals surface area contributed by atoms with Crippen LogP contribution in [0.5, 0.6) is 5.75 Å². The van der Waals surface area contributed by atoms with E-state index in [2.05, 4.69) is 0 Å². The molecule has 0 unspecified atom stereocenters. The molecule has 8 heteroatoms. The van der Waals surface area contributed by atoms with E-state index in [1.807, 2.05) is 0 Å². The highest BCUT2D eigenvalue weighted by Crippen LogP contribution is 2.22. The lowest BCUT2D eigenvalue weighted by Crippen LogP contribution is -2.59. The average molecular weight is 326 g/mol. The molecule has 0 aliphatic carbocycles. The number of benzene rings is 1. The van der Waals surface area contributed by atoms with Gasteiger partial charge in [0, 0.05) is 6.08 Å². The number of aromatic hydroxyl groups is 1. The predicted molar refractivity (Wildman–Crippen MR) is 77.0 cm³/mol. The van der Waals surface area contributed by atoms with E-state index in [4.69, 9.17) is 19.7 Å². The van der Waals surface area contributed by atoms with E-state index in [-0.39, 0.29) is 5.75 Å². The largest absolute Gasteiger partial charge is 0.508 e. The quantitative estimate of drug-likeness (QED) is 0.342. The molecule has 0 spiro atoms. The lowest BCUT2D eigenvalue weighted by atomic mass is 9.99. The van der Waals surface area contributed by atoms with E-state index >= 15 is 0 Å².